The van der Waals surface area contributed by atoms with E-state index in [2.05, 4.69) is 22.4 Å². The lowest BCUT2D eigenvalue weighted by molar-refractivity contribution is 0.0994. The molecular formula is C18H18N4OS. The molecule has 24 heavy (non-hydrogen) atoms. The van der Waals surface area contributed by atoms with E-state index < -0.39 is 0 Å². The van der Waals surface area contributed by atoms with Crippen LogP contribution in [0, 0.1) is 0 Å². The van der Waals surface area contributed by atoms with Crippen molar-refractivity contribution in [3.8, 4) is 5.69 Å². The molecule has 1 aromatic heterocycles. The standard InChI is InChI=1S/C18H18N4OS/c1-3-14-9-11-15(12-10-14)17(23)13(2)24-18-19-20-21-22(18)16-7-5-4-6-8-16/h4-13H,3H2,1-2H3. The first kappa shape index (κ1) is 16.4. The fourth-order valence-electron chi connectivity index (χ4n) is 2.33. The van der Waals surface area contributed by atoms with Gasteiger partial charge in [0, 0.05) is 5.56 Å². The number of rotatable bonds is 6. The molecule has 0 saturated heterocycles. The minimum atomic E-state index is -0.272. The molecule has 0 N–H and O–H groups in total. The fourth-order valence-corrected chi connectivity index (χ4v) is 3.22. The Morgan fingerprint density at radius 3 is 2.50 bits per heavy atom. The van der Waals surface area contributed by atoms with Gasteiger partial charge in [-0.3, -0.25) is 4.79 Å². The molecule has 0 aliphatic heterocycles. The third-order valence-corrected chi connectivity index (χ3v) is 4.77. The molecule has 0 aliphatic rings. The summed E-state index contributed by atoms with van der Waals surface area (Å²) in [6.45, 7) is 3.98. The van der Waals surface area contributed by atoms with Crippen LogP contribution in [-0.2, 0) is 6.42 Å². The monoisotopic (exact) mass is 338 g/mol. The lowest BCUT2D eigenvalue weighted by Gasteiger charge is -2.10. The maximum atomic E-state index is 12.6. The summed E-state index contributed by atoms with van der Waals surface area (Å²) in [5, 5.41) is 12.1. The Hall–Kier alpha value is -2.47. The summed E-state index contributed by atoms with van der Waals surface area (Å²) in [5.41, 5.74) is 2.81. The van der Waals surface area contributed by atoms with Crippen molar-refractivity contribution < 1.29 is 4.79 Å². The number of aryl methyl sites for hydroxylation is 1. The molecule has 122 valence electrons. The smallest absolute Gasteiger partial charge is 0.214 e. The van der Waals surface area contributed by atoms with E-state index in [1.165, 1.54) is 17.3 Å². The Bertz CT molecular complexity index is 815. The summed E-state index contributed by atoms with van der Waals surface area (Å²) in [6.07, 6.45) is 0.963. The van der Waals surface area contributed by atoms with Crippen molar-refractivity contribution in [1.82, 2.24) is 20.2 Å². The van der Waals surface area contributed by atoms with Gasteiger partial charge in [0.15, 0.2) is 5.78 Å². The molecule has 2 aromatic carbocycles. The van der Waals surface area contributed by atoms with Gasteiger partial charge < -0.3 is 0 Å². The van der Waals surface area contributed by atoms with Crippen molar-refractivity contribution in [3.63, 3.8) is 0 Å². The molecule has 0 amide bonds. The number of aromatic nitrogens is 4. The number of para-hydroxylation sites is 1. The van der Waals surface area contributed by atoms with Gasteiger partial charge in [-0.1, -0.05) is 61.2 Å². The second-order valence-corrected chi connectivity index (χ2v) is 6.69. The molecular weight excluding hydrogens is 320 g/mol. The van der Waals surface area contributed by atoms with Crippen LogP contribution in [0.1, 0.15) is 29.8 Å². The maximum Gasteiger partial charge on any atom is 0.214 e. The Labute approximate surface area is 145 Å². The molecule has 1 unspecified atom stereocenters. The minimum absolute atomic E-state index is 0.0743. The third-order valence-electron chi connectivity index (χ3n) is 3.74. The highest BCUT2D eigenvalue weighted by Crippen LogP contribution is 2.25. The zero-order chi connectivity index (χ0) is 16.9. The second kappa shape index (κ2) is 7.40. The van der Waals surface area contributed by atoms with Gasteiger partial charge in [-0.2, -0.15) is 4.68 Å². The SMILES string of the molecule is CCc1ccc(C(=O)C(C)Sc2nnnn2-c2ccccc2)cc1. The normalized spacial score (nSPS) is 12.1. The average molecular weight is 338 g/mol. The van der Waals surface area contributed by atoms with Crippen LogP contribution >= 0.6 is 11.8 Å². The first-order valence-corrected chi connectivity index (χ1v) is 8.70. The molecule has 0 radical (unpaired) electrons. The van der Waals surface area contributed by atoms with Gasteiger partial charge in [0.2, 0.25) is 5.16 Å². The molecule has 0 saturated carbocycles. The van der Waals surface area contributed by atoms with Crippen molar-refractivity contribution >= 4 is 17.5 Å². The third kappa shape index (κ3) is 3.54. The van der Waals surface area contributed by atoms with E-state index in [-0.39, 0.29) is 11.0 Å². The number of ketones is 1. The van der Waals surface area contributed by atoms with Gasteiger partial charge in [-0.05, 0) is 41.5 Å². The number of carbonyl (C=O) groups is 1. The van der Waals surface area contributed by atoms with Crippen LogP contribution in [0.4, 0.5) is 0 Å². The molecule has 1 heterocycles. The van der Waals surface area contributed by atoms with E-state index in [0.29, 0.717) is 10.7 Å². The molecule has 0 spiro atoms. The van der Waals surface area contributed by atoms with Crippen molar-refractivity contribution in [2.24, 2.45) is 0 Å². The number of tetrazole rings is 1. The zero-order valence-electron chi connectivity index (χ0n) is 13.6. The predicted molar refractivity (Wildman–Crippen MR) is 94.6 cm³/mol. The lowest BCUT2D eigenvalue weighted by Crippen LogP contribution is -2.14. The molecule has 0 bridgehead atoms. The second-order valence-electron chi connectivity index (χ2n) is 5.38. The van der Waals surface area contributed by atoms with E-state index in [9.17, 15) is 4.79 Å². The Morgan fingerprint density at radius 1 is 1.12 bits per heavy atom. The number of hydrogen-bond donors (Lipinski definition) is 0. The number of nitrogens with zero attached hydrogens (tertiary/aromatic N) is 4. The van der Waals surface area contributed by atoms with E-state index in [4.69, 9.17) is 0 Å². The Balaban J connectivity index is 1.76. The molecule has 3 aromatic rings. The zero-order valence-corrected chi connectivity index (χ0v) is 14.4. The van der Waals surface area contributed by atoms with Gasteiger partial charge in [0.25, 0.3) is 0 Å². The molecule has 5 nitrogen and oxygen atoms in total. The van der Waals surface area contributed by atoms with Crippen LogP contribution in [0.5, 0.6) is 0 Å². The van der Waals surface area contributed by atoms with Crippen LogP contribution in [0.3, 0.4) is 0 Å². The first-order chi connectivity index (χ1) is 11.7. The van der Waals surface area contributed by atoms with Gasteiger partial charge in [-0.15, -0.1) is 5.10 Å². The molecule has 1 atom stereocenters. The van der Waals surface area contributed by atoms with Gasteiger partial charge in [-0.25, -0.2) is 0 Å². The van der Waals surface area contributed by atoms with Crippen molar-refractivity contribution in [3.05, 3.63) is 65.7 Å². The highest BCUT2D eigenvalue weighted by atomic mass is 32.2. The van der Waals surface area contributed by atoms with E-state index >= 15 is 0 Å². The van der Waals surface area contributed by atoms with Crippen LogP contribution in [-0.4, -0.2) is 31.2 Å². The number of thioether (sulfide) groups is 1. The van der Waals surface area contributed by atoms with Crippen molar-refractivity contribution in [2.45, 2.75) is 30.7 Å². The van der Waals surface area contributed by atoms with Crippen molar-refractivity contribution in [1.29, 1.82) is 0 Å². The summed E-state index contributed by atoms with van der Waals surface area (Å²) in [5.74, 6) is 0.0743. The first-order valence-electron chi connectivity index (χ1n) is 7.82. The predicted octanol–water partition coefficient (Wildman–Crippen LogP) is 3.59. The Kier molecular flexibility index (Phi) is 5.05. The van der Waals surface area contributed by atoms with Crippen LogP contribution in [0.25, 0.3) is 5.69 Å². The Morgan fingerprint density at radius 2 is 1.83 bits per heavy atom. The van der Waals surface area contributed by atoms with Gasteiger partial charge in [0.1, 0.15) is 0 Å². The maximum absolute atomic E-state index is 12.6. The molecule has 6 heteroatoms. The summed E-state index contributed by atoms with van der Waals surface area (Å²) in [4.78, 5) is 12.6. The van der Waals surface area contributed by atoms with Crippen molar-refractivity contribution in [2.75, 3.05) is 0 Å². The van der Waals surface area contributed by atoms with Crippen LogP contribution < -0.4 is 0 Å². The highest BCUT2D eigenvalue weighted by molar-refractivity contribution is 8.00. The number of hydrogen-bond acceptors (Lipinski definition) is 5. The quantitative estimate of drug-likeness (QED) is 0.508. The molecule has 3 rings (SSSR count). The van der Waals surface area contributed by atoms with Crippen LogP contribution in [0.15, 0.2) is 59.8 Å². The summed E-state index contributed by atoms with van der Waals surface area (Å²) < 4.78 is 1.65. The van der Waals surface area contributed by atoms with Crippen LogP contribution in [0.2, 0.25) is 0 Å². The highest BCUT2D eigenvalue weighted by Gasteiger charge is 2.20. The summed E-state index contributed by atoms with van der Waals surface area (Å²) >= 11 is 1.36. The van der Waals surface area contributed by atoms with E-state index in [0.717, 1.165) is 12.1 Å². The average Bonchev–Trinajstić information content (AvgIpc) is 3.10. The topological polar surface area (TPSA) is 60.7 Å². The van der Waals surface area contributed by atoms with Gasteiger partial charge in [0.05, 0.1) is 10.9 Å². The summed E-state index contributed by atoms with van der Waals surface area (Å²) in [7, 11) is 0. The minimum Gasteiger partial charge on any atom is -0.293 e. The molecule has 0 fully saturated rings. The summed E-state index contributed by atoms with van der Waals surface area (Å²) in [6, 6.07) is 17.4. The number of benzene rings is 2. The number of carbonyl (C=O) groups excluding carboxylic acids is 1. The number of Topliss-reactive ketones (excluding diaryl/α,β-unsaturated/α-hetero) is 1. The van der Waals surface area contributed by atoms with E-state index in [1.54, 1.807) is 4.68 Å². The fraction of sp³-hybridized carbons (Fsp3) is 0.222. The lowest BCUT2D eigenvalue weighted by atomic mass is 10.1. The van der Waals surface area contributed by atoms with Gasteiger partial charge >= 0.3 is 0 Å². The van der Waals surface area contributed by atoms with E-state index in [1.807, 2.05) is 61.5 Å². The molecule has 0 aliphatic carbocycles. The largest absolute Gasteiger partial charge is 0.293 e.